The Morgan fingerprint density at radius 3 is 2.67 bits per heavy atom. The van der Waals surface area contributed by atoms with E-state index in [1.165, 1.54) is 0 Å². The number of rotatable bonds is 6. The average Bonchev–Trinajstić information content (AvgIpc) is 2.53. The van der Waals surface area contributed by atoms with Gasteiger partial charge < -0.3 is 5.32 Å². The summed E-state index contributed by atoms with van der Waals surface area (Å²) in [4.78, 5) is 0. The molecule has 0 amide bonds. The van der Waals surface area contributed by atoms with E-state index in [1.807, 2.05) is 44.3 Å². The minimum atomic E-state index is -3.39. The molecular weight excluding hydrogens is 286 g/mol. The lowest BCUT2D eigenvalue weighted by molar-refractivity contribution is 0.267. The summed E-state index contributed by atoms with van der Waals surface area (Å²) < 4.78 is 28.8. The van der Waals surface area contributed by atoms with E-state index < -0.39 is 10.2 Å². The van der Waals surface area contributed by atoms with Crippen LogP contribution in [-0.2, 0) is 16.8 Å². The third-order valence-electron chi connectivity index (χ3n) is 4.00. The molecule has 0 saturated carbocycles. The summed E-state index contributed by atoms with van der Waals surface area (Å²) in [5, 5.41) is 3.19. The van der Waals surface area contributed by atoms with Crippen LogP contribution in [-0.4, -0.2) is 49.8 Å². The number of piperidine rings is 1. The lowest BCUT2D eigenvalue weighted by Crippen LogP contribution is -2.51. The fourth-order valence-electron chi connectivity index (χ4n) is 2.69. The number of nitrogens with one attached hydrogen (secondary N) is 1. The molecule has 1 heterocycles. The van der Waals surface area contributed by atoms with E-state index in [1.54, 1.807) is 8.61 Å². The fourth-order valence-corrected chi connectivity index (χ4v) is 4.39. The average molecular weight is 311 g/mol. The molecule has 1 atom stereocenters. The number of nitrogens with zero attached hydrogens (tertiary/aromatic N) is 2. The Hall–Kier alpha value is -0.950. The second kappa shape index (κ2) is 7.35. The van der Waals surface area contributed by atoms with E-state index in [2.05, 4.69) is 5.32 Å². The van der Waals surface area contributed by atoms with Crippen molar-refractivity contribution in [2.75, 3.05) is 26.7 Å². The van der Waals surface area contributed by atoms with Crippen molar-refractivity contribution in [3.8, 4) is 0 Å². The first-order valence-electron chi connectivity index (χ1n) is 7.54. The molecule has 1 saturated heterocycles. The number of likely N-dealkylation sites (N-methyl/N-ethyl adjacent to an activating group) is 1. The van der Waals surface area contributed by atoms with Crippen molar-refractivity contribution in [3.05, 3.63) is 35.9 Å². The van der Waals surface area contributed by atoms with Crippen LogP contribution in [0.25, 0.3) is 0 Å². The van der Waals surface area contributed by atoms with Crippen molar-refractivity contribution in [1.29, 1.82) is 0 Å². The van der Waals surface area contributed by atoms with Gasteiger partial charge in [-0.15, -0.1) is 0 Å². The van der Waals surface area contributed by atoms with Crippen LogP contribution >= 0.6 is 0 Å². The molecule has 1 aliphatic rings. The van der Waals surface area contributed by atoms with E-state index in [9.17, 15) is 8.42 Å². The first-order valence-corrected chi connectivity index (χ1v) is 8.94. The molecule has 118 valence electrons. The maximum atomic E-state index is 12.8. The molecule has 1 N–H and O–H groups in total. The largest absolute Gasteiger partial charge is 0.316 e. The topological polar surface area (TPSA) is 52.7 Å². The molecule has 1 fully saturated rings. The van der Waals surface area contributed by atoms with Gasteiger partial charge in [-0.1, -0.05) is 37.3 Å². The summed E-state index contributed by atoms with van der Waals surface area (Å²) in [5.41, 5.74) is 1.02. The molecule has 2 rings (SSSR count). The van der Waals surface area contributed by atoms with E-state index in [4.69, 9.17) is 0 Å². The summed E-state index contributed by atoms with van der Waals surface area (Å²) in [6.45, 7) is 3.98. The molecule has 0 radical (unpaired) electrons. The maximum Gasteiger partial charge on any atom is 0.282 e. The Morgan fingerprint density at radius 2 is 2.05 bits per heavy atom. The van der Waals surface area contributed by atoms with Crippen molar-refractivity contribution in [1.82, 2.24) is 13.9 Å². The highest BCUT2D eigenvalue weighted by atomic mass is 32.2. The minimum Gasteiger partial charge on any atom is -0.316 e. The third-order valence-corrected chi connectivity index (χ3v) is 6.02. The molecule has 0 aromatic heterocycles. The van der Waals surface area contributed by atoms with Crippen molar-refractivity contribution in [3.63, 3.8) is 0 Å². The number of hydrogen-bond donors (Lipinski definition) is 1. The Labute approximate surface area is 128 Å². The molecular formula is C15H25N3O2S. The Morgan fingerprint density at radius 1 is 1.33 bits per heavy atom. The standard InChI is InChI=1S/C15H25N3O2S/c1-3-17(12-14-8-5-4-6-9-14)21(19,20)18-11-7-10-15(13-18)16-2/h4-6,8-9,15-16H,3,7,10-13H2,1-2H3. The van der Waals surface area contributed by atoms with Gasteiger partial charge in [-0.25, -0.2) is 0 Å². The summed E-state index contributed by atoms with van der Waals surface area (Å²) in [7, 11) is -1.50. The molecule has 1 aliphatic heterocycles. The zero-order valence-corrected chi connectivity index (χ0v) is 13.6. The lowest BCUT2D eigenvalue weighted by atomic mass is 10.1. The predicted octanol–water partition coefficient (Wildman–Crippen LogP) is 1.44. The van der Waals surface area contributed by atoms with E-state index >= 15 is 0 Å². The molecule has 6 heteroatoms. The summed E-state index contributed by atoms with van der Waals surface area (Å²) in [5.74, 6) is 0. The maximum absolute atomic E-state index is 12.8. The van der Waals surface area contributed by atoms with Gasteiger partial charge in [0.15, 0.2) is 0 Å². The highest BCUT2D eigenvalue weighted by Crippen LogP contribution is 2.18. The van der Waals surface area contributed by atoms with Crippen molar-refractivity contribution in [2.45, 2.75) is 32.4 Å². The quantitative estimate of drug-likeness (QED) is 0.865. The number of hydrogen-bond acceptors (Lipinski definition) is 3. The van der Waals surface area contributed by atoms with Gasteiger partial charge in [-0.3, -0.25) is 0 Å². The molecule has 0 spiro atoms. The van der Waals surface area contributed by atoms with E-state index in [0.29, 0.717) is 26.2 Å². The molecule has 5 nitrogen and oxygen atoms in total. The summed E-state index contributed by atoms with van der Waals surface area (Å²) in [6.07, 6.45) is 1.95. The van der Waals surface area contributed by atoms with Gasteiger partial charge in [0, 0.05) is 32.2 Å². The first-order chi connectivity index (χ1) is 10.1. The monoisotopic (exact) mass is 311 g/mol. The van der Waals surface area contributed by atoms with Crippen LogP contribution in [0.15, 0.2) is 30.3 Å². The zero-order valence-electron chi connectivity index (χ0n) is 12.8. The molecule has 0 bridgehead atoms. The van der Waals surface area contributed by atoms with Crippen LogP contribution in [0.4, 0.5) is 0 Å². The van der Waals surface area contributed by atoms with Crippen LogP contribution in [0.3, 0.4) is 0 Å². The van der Waals surface area contributed by atoms with Gasteiger partial charge in [0.2, 0.25) is 0 Å². The van der Waals surface area contributed by atoms with Crippen molar-refractivity contribution < 1.29 is 8.42 Å². The highest BCUT2D eigenvalue weighted by molar-refractivity contribution is 7.86. The molecule has 0 aliphatic carbocycles. The van der Waals surface area contributed by atoms with Gasteiger partial charge in [-0.05, 0) is 25.5 Å². The van der Waals surface area contributed by atoms with Gasteiger partial charge in [-0.2, -0.15) is 17.0 Å². The van der Waals surface area contributed by atoms with Gasteiger partial charge >= 0.3 is 0 Å². The van der Waals surface area contributed by atoms with Crippen LogP contribution in [0.1, 0.15) is 25.3 Å². The third kappa shape index (κ3) is 4.03. The SMILES string of the molecule is CCN(Cc1ccccc1)S(=O)(=O)N1CCCC(NC)C1. The second-order valence-corrected chi connectivity index (χ2v) is 7.33. The highest BCUT2D eigenvalue weighted by Gasteiger charge is 2.32. The normalized spacial score (nSPS) is 20.8. The second-order valence-electron chi connectivity index (χ2n) is 5.41. The smallest absolute Gasteiger partial charge is 0.282 e. The Bertz CT molecular complexity index is 533. The van der Waals surface area contributed by atoms with Gasteiger partial charge in [0.05, 0.1) is 0 Å². The van der Waals surface area contributed by atoms with Gasteiger partial charge in [0.25, 0.3) is 10.2 Å². The van der Waals surface area contributed by atoms with Crippen LogP contribution in [0.5, 0.6) is 0 Å². The van der Waals surface area contributed by atoms with Crippen molar-refractivity contribution >= 4 is 10.2 Å². The predicted molar refractivity (Wildman–Crippen MR) is 85.1 cm³/mol. The minimum absolute atomic E-state index is 0.254. The van der Waals surface area contributed by atoms with Crippen LogP contribution in [0.2, 0.25) is 0 Å². The Kier molecular flexibility index (Phi) is 5.75. The molecule has 1 aromatic carbocycles. The number of benzene rings is 1. The van der Waals surface area contributed by atoms with Gasteiger partial charge in [0.1, 0.15) is 0 Å². The molecule has 1 unspecified atom stereocenters. The van der Waals surface area contributed by atoms with E-state index in [-0.39, 0.29) is 6.04 Å². The van der Waals surface area contributed by atoms with Crippen LogP contribution < -0.4 is 5.32 Å². The summed E-state index contributed by atoms with van der Waals surface area (Å²) in [6, 6.07) is 10.00. The van der Waals surface area contributed by atoms with E-state index in [0.717, 1.165) is 18.4 Å². The van der Waals surface area contributed by atoms with Crippen LogP contribution in [0, 0.1) is 0 Å². The summed E-state index contributed by atoms with van der Waals surface area (Å²) >= 11 is 0. The molecule has 1 aromatic rings. The fraction of sp³-hybridized carbons (Fsp3) is 0.600. The van der Waals surface area contributed by atoms with Crippen molar-refractivity contribution in [2.24, 2.45) is 0 Å². The lowest BCUT2D eigenvalue weighted by Gasteiger charge is -2.35. The molecule has 21 heavy (non-hydrogen) atoms. The zero-order chi connectivity index (χ0) is 15.3. The first kappa shape index (κ1) is 16.4. The Balaban J connectivity index is 2.12.